The summed E-state index contributed by atoms with van der Waals surface area (Å²) >= 11 is 0. The number of nitrogens with zero attached hydrogens (tertiary/aromatic N) is 2. The van der Waals surface area contributed by atoms with Crippen molar-refractivity contribution in [2.24, 2.45) is 11.8 Å². The summed E-state index contributed by atoms with van der Waals surface area (Å²) < 4.78 is 11.7. The van der Waals surface area contributed by atoms with Crippen LogP contribution in [0.4, 0.5) is 0 Å². The van der Waals surface area contributed by atoms with Gasteiger partial charge in [-0.1, -0.05) is 19.1 Å². The van der Waals surface area contributed by atoms with E-state index in [1.54, 1.807) is 4.90 Å². The van der Waals surface area contributed by atoms with Crippen LogP contribution in [0.15, 0.2) is 24.3 Å². The molecule has 0 bridgehead atoms. The molecule has 1 amide bonds. The molecule has 1 unspecified atom stereocenters. The first-order chi connectivity index (χ1) is 12.5. The van der Waals surface area contributed by atoms with Gasteiger partial charge < -0.3 is 19.5 Å². The lowest BCUT2D eigenvalue weighted by Gasteiger charge is -2.31. The van der Waals surface area contributed by atoms with E-state index in [0.717, 1.165) is 5.75 Å². The zero-order valence-corrected chi connectivity index (χ0v) is 15.3. The van der Waals surface area contributed by atoms with Crippen LogP contribution in [0.5, 0.6) is 11.5 Å². The average Bonchev–Trinajstić information content (AvgIpc) is 2.99. The monoisotopic (exact) mass is 362 g/mol. The molecule has 1 aromatic carbocycles. The minimum Gasteiger partial charge on any atom is -0.486 e. The number of carboxylic acids is 1. The number of carbonyl (C=O) groups is 2. The molecule has 2 aliphatic heterocycles. The van der Waals surface area contributed by atoms with Crippen LogP contribution >= 0.6 is 0 Å². The highest BCUT2D eigenvalue weighted by atomic mass is 16.6. The number of ether oxygens (including phenoxy) is 2. The van der Waals surface area contributed by atoms with Crippen molar-refractivity contribution in [1.29, 1.82) is 0 Å². The van der Waals surface area contributed by atoms with Gasteiger partial charge in [0.25, 0.3) is 0 Å². The van der Waals surface area contributed by atoms with Crippen molar-refractivity contribution in [3.8, 4) is 11.5 Å². The quantitative estimate of drug-likeness (QED) is 0.822. The third-order valence-corrected chi connectivity index (χ3v) is 5.09. The largest absolute Gasteiger partial charge is 0.486 e. The maximum absolute atomic E-state index is 12.7. The molecular weight excluding hydrogens is 336 g/mol. The molecule has 0 aliphatic carbocycles. The van der Waals surface area contributed by atoms with Crippen LogP contribution in [-0.4, -0.2) is 72.2 Å². The summed E-state index contributed by atoms with van der Waals surface area (Å²) in [4.78, 5) is 27.6. The fraction of sp³-hybridized carbons (Fsp3) is 0.579. The number of likely N-dealkylation sites (tertiary alicyclic amines) is 1. The lowest BCUT2D eigenvalue weighted by molar-refractivity contribution is -0.142. The predicted molar refractivity (Wildman–Crippen MR) is 95.3 cm³/mol. The summed E-state index contributed by atoms with van der Waals surface area (Å²) in [5, 5.41) is 9.23. The molecule has 7 nitrogen and oxygen atoms in total. The van der Waals surface area contributed by atoms with Crippen LogP contribution in [0.2, 0.25) is 0 Å². The van der Waals surface area contributed by atoms with Gasteiger partial charge in [0.1, 0.15) is 6.61 Å². The molecule has 1 fully saturated rings. The van der Waals surface area contributed by atoms with E-state index in [9.17, 15) is 14.7 Å². The van der Waals surface area contributed by atoms with Gasteiger partial charge in [-0.3, -0.25) is 14.5 Å². The topological polar surface area (TPSA) is 79.3 Å². The third kappa shape index (κ3) is 4.09. The normalized spacial score (nSPS) is 25.1. The number of carboxylic acid groups (broad SMARTS) is 1. The average molecular weight is 362 g/mol. The van der Waals surface area contributed by atoms with Crippen LogP contribution in [0, 0.1) is 11.8 Å². The fourth-order valence-corrected chi connectivity index (χ4v) is 3.62. The predicted octanol–water partition coefficient (Wildman–Crippen LogP) is 1.33. The molecule has 2 aliphatic rings. The number of aliphatic carboxylic acids is 1. The Morgan fingerprint density at radius 3 is 2.65 bits per heavy atom. The van der Waals surface area contributed by atoms with Crippen LogP contribution in [-0.2, 0) is 9.59 Å². The Morgan fingerprint density at radius 1 is 1.27 bits per heavy atom. The van der Waals surface area contributed by atoms with Crippen molar-refractivity contribution in [2.45, 2.75) is 20.0 Å². The molecule has 0 saturated carbocycles. The van der Waals surface area contributed by atoms with Crippen molar-refractivity contribution >= 4 is 11.9 Å². The Hall–Kier alpha value is -2.28. The lowest BCUT2D eigenvalue weighted by Crippen LogP contribution is -2.46. The SMILES string of the molecule is CCN(CC1COc2ccccc2O1)C(=O)CN1C[C@@H](C)[C@H](C(=O)O)C1. The van der Waals surface area contributed by atoms with Crippen LogP contribution in [0.3, 0.4) is 0 Å². The second kappa shape index (κ2) is 7.95. The summed E-state index contributed by atoms with van der Waals surface area (Å²) in [7, 11) is 0. The number of hydrogen-bond donors (Lipinski definition) is 1. The fourth-order valence-electron chi connectivity index (χ4n) is 3.62. The Morgan fingerprint density at radius 2 is 2.00 bits per heavy atom. The van der Waals surface area contributed by atoms with E-state index in [-0.39, 0.29) is 24.5 Å². The summed E-state index contributed by atoms with van der Waals surface area (Å²) in [5.74, 6) is 0.291. The van der Waals surface area contributed by atoms with Gasteiger partial charge in [0.15, 0.2) is 17.6 Å². The molecule has 0 spiro atoms. The van der Waals surface area contributed by atoms with Crippen molar-refractivity contribution in [2.75, 3.05) is 39.3 Å². The maximum Gasteiger partial charge on any atom is 0.308 e. The number of hydrogen-bond acceptors (Lipinski definition) is 5. The summed E-state index contributed by atoms with van der Waals surface area (Å²) in [6.07, 6.45) is -0.210. The summed E-state index contributed by atoms with van der Waals surface area (Å²) in [5.41, 5.74) is 0. The highest BCUT2D eigenvalue weighted by molar-refractivity contribution is 5.78. The molecule has 2 heterocycles. The Bertz CT molecular complexity index is 665. The van der Waals surface area contributed by atoms with Crippen molar-refractivity contribution in [3.63, 3.8) is 0 Å². The second-order valence-electron chi connectivity index (χ2n) is 7.05. The van der Waals surface area contributed by atoms with Gasteiger partial charge in [-0.25, -0.2) is 0 Å². The Kier molecular flexibility index (Phi) is 5.66. The molecule has 1 aromatic rings. The molecule has 3 atom stereocenters. The van der Waals surface area contributed by atoms with Crippen LogP contribution in [0.25, 0.3) is 0 Å². The first kappa shape index (κ1) is 18.5. The lowest BCUT2D eigenvalue weighted by atomic mass is 9.99. The van der Waals surface area contributed by atoms with Gasteiger partial charge >= 0.3 is 5.97 Å². The Labute approximate surface area is 153 Å². The minimum atomic E-state index is -0.786. The number of likely N-dealkylation sites (N-methyl/N-ethyl adjacent to an activating group) is 1. The van der Waals surface area contributed by atoms with E-state index in [0.29, 0.717) is 38.5 Å². The van der Waals surface area contributed by atoms with Crippen molar-refractivity contribution in [1.82, 2.24) is 9.80 Å². The van der Waals surface area contributed by atoms with Gasteiger partial charge in [-0.15, -0.1) is 0 Å². The molecule has 26 heavy (non-hydrogen) atoms. The Balaban J connectivity index is 1.54. The highest BCUT2D eigenvalue weighted by Gasteiger charge is 2.36. The number of fused-ring (bicyclic) bond motifs is 1. The molecule has 7 heteroatoms. The first-order valence-electron chi connectivity index (χ1n) is 9.09. The maximum atomic E-state index is 12.7. The molecule has 0 aromatic heterocycles. The van der Waals surface area contributed by atoms with Gasteiger partial charge in [-0.05, 0) is 25.0 Å². The molecule has 142 valence electrons. The van der Waals surface area contributed by atoms with E-state index in [2.05, 4.69) is 0 Å². The van der Waals surface area contributed by atoms with E-state index < -0.39 is 11.9 Å². The number of benzene rings is 1. The van der Waals surface area contributed by atoms with Gasteiger partial charge in [0.05, 0.1) is 19.0 Å². The third-order valence-electron chi connectivity index (χ3n) is 5.09. The second-order valence-corrected chi connectivity index (χ2v) is 7.05. The van der Waals surface area contributed by atoms with E-state index in [1.165, 1.54) is 0 Å². The van der Waals surface area contributed by atoms with Gasteiger partial charge in [0.2, 0.25) is 5.91 Å². The molecule has 0 radical (unpaired) electrons. The number of carbonyl (C=O) groups excluding carboxylic acids is 1. The molecule has 3 rings (SSSR count). The van der Waals surface area contributed by atoms with Gasteiger partial charge in [-0.2, -0.15) is 0 Å². The standard InChI is InChI=1S/C19H26N2O5/c1-3-21(9-14-12-25-16-6-4-5-7-17(16)26-14)18(22)11-20-8-13(2)15(10-20)19(23)24/h4-7,13-15H,3,8-12H2,1-2H3,(H,23,24)/t13-,14?,15-/m1/s1. The zero-order chi connectivity index (χ0) is 18.7. The van der Waals surface area contributed by atoms with E-state index in [1.807, 2.05) is 43.0 Å². The smallest absolute Gasteiger partial charge is 0.308 e. The summed E-state index contributed by atoms with van der Waals surface area (Å²) in [6, 6.07) is 7.51. The van der Waals surface area contributed by atoms with Gasteiger partial charge in [0, 0.05) is 19.6 Å². The molecule has 1 N–H and O–H groups in total. The zero-order valence-electron chi connectivity index (χ0n) is 15.3. The van der Waals surface area contributed by atoms with Crippen LogP contribution < -0.4 is 9.47 Å². The van der Waals surface area contributed by atoms with E-state index >= 15 is 0 Å². The number of amides is 1. The van der Waals surface area contributed by atoms with Crippen molar-refractivity contribution < 1.29 is 24.2 Å². The van der Waals surface area contributed by atoms with E-state index in [4.69, 9.17) is 9.47 Å². The van der Waals surface area contributed by atoms with Crippen LogP contribution in [0.1, 0.15) is 13.8 Å². The molecular formula is C19H26N2O5. The molecule has 1 saturated heterocycles. The first-order valence-corrected chi connectivity index (χ1v) is 9.09. The van der Waals surface area contributed by atoms with Crippen molar-refractivity contribution in [3.05, 3.63) is 24.3 Å². The summed E-state index contributed by atoms with van der Waals surface area (Å²) in [6.45, 7) is 6.59. The highest BCUT2D eigenvalue weighted by Crippen LogP contribution is 2.31. The number of para-hydroxylation sites is 2. The minimum absolute atomic E-state index is 0.00630. The number of rotatable bonds is 6.